The molecule has 0 radical (unpaired) electrons. The van der Waals surface area contributed by atoms with Crippen LogP contribution in [0.3, 0.4) is 0 Å². The van der Waals surface area contributed by atoms with Crippen LogP contribution in [0.15, 0.2) is 42.7 Å². The molecule has 18 heavy (non-hydrogen) atoms. The third-order valence-corrected chi connectivity index (χ3v) is 2.64. The summed E-state index contributed by atoms with van der Waals surface area (Å²) in [6.45, 7) is 2.10. The number of aromatic nitrogens is 2. The number of carboxylic acid groups (broad SMARTS) is 1. The van der Waals surface area contributed by atoms with E-state index in [-0.39, 0.29) is 0 Å². The Kier molecular flexibility index (Phi) is 3.74. The number of aliphatic carboxylic acids is 1. The Hall–Kier alpha value is -2.14. The molecule has 2 rings (SSSR count). The molecule has 0 aliphatic carbocycles. The van der Waals surface area contributed by atoms with Crippen LogP contribution in [-0.2, 0) is 11.3 Å². The van der Waals surface area contributed by atoms with Crippen LogP contribution in [-0.4, -0.2) is 26.9 Å². The number of nitrogens with zero attached hydrogens (tertiary/aromatic N) is 2. The lowest BCUT2D eigenvalue weighted by molar-refractivity contribution is -0.139. The Bertz CT molecular complexity index is 522. The highest BCUT2D eigenvalue weighted by Crippen LogP contribution is 2.07. The molecule has 2 N–H and O–H groups in total. The molecule has 0 spiro atoms. The SMILES string of the molecule is CC(NCc1cnn(-c2ccccc2)c1)C(=O)O. The first-order valence-electron chi connectivity index (χ1n) is 5.72. The molecule has 0 amide bonds. The van der Waals surface area contributed by atoms with Gasteiger partial charge in [-0.2, -0.15) is 5.10 Å². The van der Waals surface area contributed by atoms with Gasteiger partial charge in [0.2, 0.25) is 0 Å². The summed E-state index contributed by atoms with van der Waals surface area (Å²) in [4.78, 5) is 10.7. The van der Waals surface area contributed by atoms with Crippen molar-refractivity contribution in [2.45, 2.75) is 19.5 Å². The van der Waals surface area contributed by atoms with Crippen molar-refractivity contribution in [1.82, 2.24) is 15.1 Å². The third kappa shape index (κ3) is 2.95. The van der Waals surface area contributed by atoms with E-state index in [4.69, 9.17) is 5.11 Å². The first-order valence-corrected chi connectivity index (χ1v) is 5.72. The maximum Gasteiger partial charge on any atom is 0.320 e. The molecule has 1 aromatic carbocycles. The smallest absolute Gasteiger partial charge is 0.320 e. The van der Waals surface area contributed by atoms with E-state index in [1.54, 1.807) is 17.8 Å². The van der Waals surface area contributed by atoms with Gasteiger partial charge in [-0.25, -0.2) is 4.68 Å². The average molecular weight is 245 g/mol. The highest BCUT2D eigenvalue weighted by atomic mass is 16.4. The summed E-state index contributed by atoms with van der Waals surface area (Å²) in [6.07, 6.45) is 3.62. The molecule has 0 aliphatic heterocycles. The van der Waals surface area contributed by atoms with Crippen molar-refractivity contribution < 1.29 is 9.90 Å². The fourth-order valence-electron chi connectivity index (χ4n) is 1.53. The maximum atomic E-state index is 10.7. The Morgan fingerprint density at radius 1 is 1.44 bits per heavy atom. The van der Waals surface area contributed by atoms with Gasteiger partial charge < -0.3 is 10.4 Å². The molecule has 0 aliphatic rings. The van der Waals surface area contributed by atoms with E-state index < -0.39 is 12.0 Å². The van der Waals surface area contributed by atoms with Gasteiger partial charge in [0, 0.05) is 18.3 Å². The van der Waals surface area contributed by atoms with E-state index in [0.29, 0.717) is 6.54 Å². The number of hydrogen-bond donors (Lipinski definition) is 2. The number of nitrogens with one attached hydrogen (secondary N) is 1. The van der Waals surface area contributed by atoms with Gasteiger partial charge in [0.05, 0.1) is 11.9 Å². The summed E-state index contributed by atoms with van der Waals surface area (Å²) >= 11 is 0. The molecule has 94 valence electrons. The second-order valence-electron chi connectivity index (χ2n) is 4.07. The number of benzene rings is 1. The minimum atomic E-state index is -0.856. The van der Waals surface area contributed by atoms with E-state index in [1.165, 1.54) is 0 Å². The highest BCUT2D eigenvalue weighted by molar-refractivity contribution is 5.72. The summed E-state index contributed by atoms with van der Waals surface area (Å²) in [6, 6.07) is 9.20. The first kappa shape index (κ1) is 12.3. The van der Waals surface area contributed by atoms with Crippen LogP contribution in [0.25, 0.3) is 5.69 Å². The van der Waals surface area contributed by atoms with Crippen LogP contribution in [0.5, 0.6) is 0 Å². The summed E-state index contributed by atoms with van der Waals surface area (Å²) in [7, 11) is 0. The lowest BCUT2D eigenvalue weighted by atomic mass is 10.3. The van der Waals surface area contributed by atoms with E-state index >= 15 is 0 Å². The zero-order chi connectivity index (χ0) is 13.0. The maximum absolute atomic E-state index is 10.7. The molecule has 1 atom stereocenters. The standard InChI is InChI=1S/C13H15N3O2/c1-10(13(17)18)14-7-11-8-15-16(9-11)12-5-3-2-4-6-12/h2-6,8-10,14H,7H2,1H3,(H,17,18). The average Bonchev–Trinajstić information content (AvgIpc) is 2.85. The van der Waals surface area contributed by atoms with Gasteiger partial charge >= 0.3 is 5.97 Å². The van der Waals surface area contributed by atoms with Crippen LogP contribution >= 0.6 is 0 Å². The van der Waals surface area contributed by atoms with Gasteiger partial charge in [0.25, 0.3) is 0 Å². The molecule has 0 saturated heterocycles. The molecule has 5 nitrogen and oxygen atoms in total. The summed E-state index contributed by atoms with van der Waals surface area (Å²) < 4.78 is 1.77. The van der Waals surface area contributed by atoms with E-state index in [9.17, 15) is 4.79 Å². The lowest BCUT2D eigenvalue weighted by Gasteiger charge is -2.06. The summed E-state index contributed by atoms with van der Waals surface area (Å²) in [5.74, 6) is -0.856. The summed E-state index contributed by atoms with van der Waals surface area (Å²) in [5, 5.41) is 15.9. The molecule has 2 aromatic rings. The second-order valence-corrected chi connectivity index (χ2v) is 4.07. The van der Waals surface area contributed by atoms with Crippen molar-refractivity contribution >= 4 is 5.97 Å². The number of hydrogen-bond acceptors (Lipinski definition) is 3. The van der Waals surface area contributed by atoms with Crippen molar-refractivity contribution in [1.29, 1.82) is 0 Å². The predicted octanol–water partition coefficient (Wildman–Crippen LogP) is 1.44. The lowest BCUT2D eigenvalue weighted by Crippen LogP contribution is -2.32. The molecule has 1 unspecified atom stereocenters. The first-order chi connectivity index (χ1) is 8.66. The normalized spacial score (nSPS) is 12.3. The molecule has 0 saturated carbocycles. The van der Waals surface area contributed by atoms with Crippen molar-refractivity contribution in [3.8, 4) is 5.69 Å². The molecule has 5 heteroatoms. The van der Waals surface area contributed by atoms with Gasteiger partial charge in [-0.05, 0) is 19.1 Å². The van der Waals surface area contributed by atoms with Gasteiger partial charge in [-0.15, -0.1) is 0 Å². The topological polar surface area (TPSA) is 67.2 Å². The minimum Gasteiger partial charge on any atom is -0.480 e. The Balaban J connectivity index is 2.01. The van der Waals surface area contributed by atoms with Gasteiger partial charge in [0.15, 0.2) is 0 Å². The molecule has 1 heterocycles. The Labute approximate surface area is 105 Å². The third-order valence-electron chi connectivity index (χ3n) is 2.64. The van der Waals surface area contributed by atoms with Crippen LogP contribution in [0, 0.1) is 0 Å². The number of para-hydroxylation sites is 1. The van der Waals surface area contributed by atoms with Gasteiger partial charge in [0.1, 0.15) is 6.04 Å². The van der Waals surface area contributed by atoms with Crippen molar-refractivity contribution in [2.24, 2.45) is 0 Å². The molecular weight excluding hydrogens is 230 g/mol. The molecular formula is C13H15N3O2. The van der Waals surface area contributed by atoms with E-state index in [1.807, 2.05) is 36.5 Å². The monoisotopic (exact) mass is 245 g/mol. The van der Waals surface area contributed by atoms with Crippen LogP contribution in [0.1, 0.15) is 12.5 Å². The molecule has 1 aromatic heterocycles. The van der Waals surface area contributed by atoms with E-state index in [0.717, 1.165) is 11.3 Å². The zero-order valence-corrected chi connectivity index (χ0v) is 10.1. The quantitative estimate of drug-likeness (QED) is 0.836. The van der Waals surface area contributed by atoms with Crippen LogP contribution in [0.2, 0.25) is 0 Å². The largest absolute Gasteiger partial charge is 0.480 e. The second kappa shape index (κ2) is 5.46. The fourth-order valence-corrected chi connectivity index (χ4v) is 1.53. The van der Waals surface area contributed by atoms with Crippen LogP contribution < -0.4 is 5.32 Å². The predicted molar refractivity (Wildman–Crippen MR) is 67.5 cm³/mol. The van der Waals surface area contributed by atoms with Gasteiger partial charge in [-0.3, -0.25) is 4.79 Å². The van der Waals surface area contributed by atoms with Crippen LogP contribution in [0.4, 0.5) is 0 Å². The minimum absolute atomic E-state index is 0.486. The number of rotatable bonds is 5. The van der Waals surface area contributed by atoms with E-state index in [2.05, 4.69) is 10.4 Å². The Morgan fingerprint density at radius 2 is 2.17 bits per heavy atom. The Morgan fingerprint density at radius 3 is 2.83 bits per heavy atom. The highest BCUT2D eigenvalue weighted by Gasteiger charge is 2.09. The number of carbonyl (C=O) groups is 1. The van der Waals surface area contributed by atoms with Crippen molar-refractivity contribution in [2.75, 3.05) is 0 Å². The number of carboxylic acids is 1. The zero-order valence-electron chi connectivity index (χ0n) is 10.1. The fraction of sp³-hybridized carbons (Fsp3) is 0.231. The van der Waals surface area contributed by atoms with Gasteiger partial charge in [-0.1, -0.05) is 18.2 Å². The molecule has 0 bridgehead atoms. The van der Waals surface area contributed by atoms with Crippen molar-refractivity contribution in [3.63, 3.8) is 0 Å². The molecule has 0 fully saturated rings. The van der Waals surface area contributed by atoms with Crippen molar-refractivity contribution in [3.05, 3.63) is 48.3 Å². The summed E-state index contributed by atoms with van der Waals surface area (Å²) in [5.41, 5.74) is 1.93.